The quantitative estimate of drug-likeness (QED) is 0.814. The van der Waals surface area contributed by atoms with E-state index in [0.717, 1.165) is 24.2 Å². The number of carbonyl (C=O) groups is 1. The largest absolute Gasteiger partial charge is 0.497 e. The van der Waals surface area contributed by atoms with Gasteiger partial charge in [-0.3, -0.25) is 4.79 Å². The molecule has 1 fully saturated rings. The number of nitrogens with one attached hydrogen (secondary N) is 1. The summed E-state index contributed by atoms with van der Waals surface area (Å²) in [5.41, 5.74) is 1.14. The highest BCUT2D eigenvalue weighted by Crippen LogP contribution is 2.27. The van der Waals surface area contributed by atoms with Gasteiger partial charge in [-0.1, -0.05) is 12.1 Å². The summed E-state index contributed by atoms with van der Waals surface area (Å²) in [4.78, 5) is 10.8. The first-order valence-electron chi connectivity index (χ1n) is 5.80. The van der Waals surface area contributed by atoms with Crippen molar-refractivity contribution in [2.75, 3.05) is 7.11 Å². The van der Waals surface area contributed by atoms with Crippen molar-refractivity contribution in [3.8, 4) is 5.75 Å². The Balaban J connectivity index is 1.83. The number of carboxylic acid groups (broad SMARTS) is 1. The third kappa shape index (κ3) is 2.77. The monoisotopic (exact) mass is 235 g/mol. The molecule has 0 bridgehead atoms. The zero-order valence-corrected chi connectivity index (χ0v) is 9.85. The molecular formula is C13H17NO3. The van der Waals surface area contributed by atoms with E-state index in [1.165, 1.54) is 0 Å². The number of carboxylic acids is 1. The standard InChI is InChI=1S/C13H17NO3/c1-17-10-4-2-9(3-5-10)8-14-12-7-6-11(12)13(15)16/h2-5,11-12,14H,6-8H2,1H3,(H,15,16). The number of benzene rings is 1. The van der Waals surface area contributed by atoms with Gasteiger partial charge in [0.15, 0.2) is 0 Å². The first-order valence-corrected chi connectivity index (χ1v) is 5.80. The topological polar surface area (TPSA) is 58.6 Å². The molecule has 92 valence electrons. The van der Waals surface area contributed by atoms with Crippen LogP contribution in [0.25, 0.3) is 0 Å². The third-order valence-corrected chi connectivity index (χ3v) is 3.32. The van der Waals surface area contributed by atoms with Crippen LogP contribution in [0.5, 0.6) is 5.75 Å². The number of aliphatic carboxylic acids is 1. The second-order valence-corrected chi connectivity index (χ2v) is 4.36. The molecule has 0 heterocycles. The summed E-state index contributed by atoms with van der Waals surface area (Å²) in [7, 11) is 1.64. The molecule has 4 nitrogen and oxygen atoms in total. The molecule has 4 heteroatoms. The first-order chi connectivity index (χ1) is 8.20. The molecule has 0 aliphatic heterocycles. The maximum atomic E-state index is 10.8. The highest BCUT2D eigenvalue weighted by Gasteiger charge is 2.35. The van der Waals surface area contributed by atoms with E-state index in [0.29, 0.717) is 6.54 Å². The van der Waals surface area contributed by atoms with E-state index < -0.39 is 5.97 Å². The van der Waals surface area contributed by atoms with Crippen molar-refractivity contribution in [2.24, 2.45) is 5.92 Å². The van der Waals surface area contributed by atoms with E-state index in [1.54, 1.807) is 7.11 Å². The predicted molar refractivity (Wildman–Crippen MR) is 64.0 cm³/mol. The lowest BCUT2D eigenvalue weighted by Gasteiger charge is -2.34. The van der Waals surface area contributed by atoms with Crippen LogP contribution < -0.4 is 10.1 Å². The summed E-state index contributed by atoms with van der Waals surface area (Å²) in [6, 6.07) is 7.91. The van der Waals surface area contributed by atoms with Crippen molar-refractivity contribution in [2.45, 2.75) is 25.4 Å². The van der Waals surface area contributed by atoms with Gasteiger partial charge < -0.3 is 15.2 Å². The van der Waals surface area contributed by atoms with Gasteiger partial charge in [0.2, 0.25) is 0 Å². The molecule has 0 amide bonds. The van der Waals surface area contributed by atoms with Crippen LogP contribution in [0, 0.1) is 5.92 Å². The molecule has 0 aromatic heterocycles. The minimum Gasteiger partial charge on any atom is -0.497 e. The Kier molecular flexibility index (Phi) is 3.64. The number of ether oxygens (including phenoxy) is 1. The van der Waals surface area contributed by atoms with Crippen LogP contribution >= 0.6 is 0 Å². The molecular weight excluding hydrogens is 218 g/mol. The lowest BCUT2D eigenvalue weighted by Crippen LogP contribution is -2.47. The lowest BCUT2D eigenvalue weighted by molar-refractivity contribution is -0.146. The molecule has 1 aliphatic rings. The zero-order valence-electron chi connectivity index (χ0n) is 9.85. The van der Waals surface area contributed by atoms with Crippen LogP contribution in [0.1, 0.15) is 18.4 Å². The smallest absolute Gasteiger partial charge is 0.308 e. The van der Waals surface area contributed by atoms with Crippen LogP contribution in [-0.2, 0) is 11.3 Å². The Labute approximate surface area is 101 Å². The molecule has 1 aliphatic carbocycles. The minimum atomic E-state index is -0.691. The van der Waals surface area contributed by atoms with Gasteiger partial charge in [0, 0.05) is 12.6 Å². The van der Waals surface area contributed by atoms with Gasteiger partial charge in [-0.25, -0.2) is 0 Å². The van der Waals surface area contributed by atoms with Gasteiger partial charge in [0.25, 0.3) is 0 Å². The summed E-state index contributed by atoms with van der Waals surface area (Å²) in [5, 5.41) is 12.2. The molecule has 0 radical (unpaired) electrons. The molecule has 2 atom stereocenters. The zero-order chi connectivity index (χ0) is 12.3. The predicted octanol–water partition coefficient (Wildman–Crippen LogP) is 1.65. The SMILES string of the molecule is COc1ccc(CNC2CCC2C(=O)O)cc1. The van der Waals surface area contributed by atoms with E-state index in [-0.39, 0.29) is 12.0 Å². The fourth-order valence-electron chi connectivity index (χ4n) is 2.03. The average Bonchev–Trinajstić information content (AvgIpc) is 2.28. The third-order valence-electron chi connectivity index (χ3n) is 3.32. The van der Waals surface area contributed by atoms with Crippen molar-refractivity contribution < 1.29 is 14.6 Å². The molecule has 2 unspecified atom stereocenters. The normalized spacial score (nSPS) is 22.9. The van der Waals surface area contributed by atoms with Crippen molar-refractivity contribution in [3.05, 3.63) is 29.8 Å². The summed E-state index contributed by atoms with van der Waals surface area (Å²) in [6.07, 6.45) is 1.74. The summed E-state index contributed by atoms with van der Waals surface area (Å²) >= 11 is 0. The second-order valence-electron chi connectivity index (χ2n) is 4.36. The minimum absolute atomic E-state index is 0.120. The highest BCUT2D eigenvalue weighted by molar-refractivity contribution is 5.72. The maximum absolute atomic E-state index is 10.8. The first kappa shape index (κ1) is 11.9. The lowest BCUT2D eigenvalue weighted by atomic mass is 9.79. The van der Waals surface area contributed by atoms with Crippen LogP contribution in [0.4, 0.5) is 0 Å². The van der Waals surface area contributed by atoms with Gasteiger partial charge >= 0.3 is 5.97 Å². The van der Waals surface area contributed by atoms with E-state index in [2.05, 4.69) is 5.32 Å². The molecule has 0 saturated heterocycles. The van der Waals surface area contributed by atoms with Gasteiger partial charge in [0.05, 0.1) is 13.0 Å². The number of methoxy groups -OCH3 is 1. The fourth-order valence-corrected chi connectivity index (χ4v) is 2.03. The van der Waals surface area contributed by atoms with E-state index in [9.17, 15) is 4.79 Å². The van der Waals surface area contributed by atoms with E-state index in [4.69, 9.17) is 9.84 Å². The van der Waals surface area contributed by atoms with Crippen molar-refractivity contribution in [1.82, 2.24) is 5.32 Å². The van der Waals surface area contributed by atoms with Crippen molar-refractivity contribution >= 4 is 5.97 Å². The average molecular weight is 235 g/mol. The molecule has 1 aromatic carbocycles. The Morgan fingerprint density at radius 2 is 2.12 bits per heavy atom. The number of hydrogen-bond acceptors (Lipinski definition) is 3. The van der Waals surface area contributed by atoms with Gasteiger partial charge in [0.1, 0.15) is 5.75 Å². The Morgan fingerprint density at radius 1 is 1.41 bits per heavy atom. The van der Waals surface area contributed by atoms with Gasteiger partial charge in [-0.15, -0.1) is 0 Å². The van der Waals surface area contributed by atoms with E-state index in [1.807, 2.05) is 24.3 Å². The molecule has 17 heavy (non-hydrogen) atoms. The number of rotatable bonds is 5. The Hall–Kier alpha value is -1.55. The summed E-state index contributed by atoms with van der Waals surface area (Å²) in [6.45, 7) is 0.707. The Bertz CT molecular complexity index is 388. The molecule has 1 aromatic rings. The second kappa shape index (κ2) is 5.19. The molecule has 0 spiro atoms. The van der Waals surface area contributed by atoms with Crippen LogP contribution in [0.3, 0.4) is 0 Å². The van der Waals surface area contributed by atoms with Crippen LogP contribution in [0.2, 0.25) is 0 Å². The molecule has 2 N–H and O–H groups in total. The van der Waals surface area contributed by atoms with Crippen molar-refractivity contribution in [3.63, 3.8) is 0 Å². The van der Waals surface area contributed by atoms with Gasteiger partial charge in [-0.2, -0.15) is 0 Å². The number of hydrogen-bond donors (Lipinski definition) is 2. The van der Waals surface area contributed by atoms with Gasteiger partial charge in [-0.05, 0) is 30.5 Å². The maximum Gasteiger partial charge on any atom is 0.308 e. The van der Waals surface area contributed by atoms with Crippen molar-refractivity contribution in [1.29, 1.82) is 0 Å². The molecule has 2 rings (SSSR count). The summed E-state index contributed by atoms with van der Waals surface area (Å²) < 4.78 is 5.08. The highest BCUT2D eigenvalue weighted by atomic mass is 16.5. The summed E-state index contributed by atoms with van der Waals surface area (Å²) in [5.74, 6) is -0.0717. The van der Waals surface area contributed by atoms with Crippen LogP contribution in [-0.4, -0.2) is 24.2 Å². The van der Waals surface area contributed by atoms with Crippen LogP contribution in [0.15, 0.2) is 24.3 Å². The van der Waals surface area contributed by atoms with E-state index >= 15 is 0 Å². The fraction of sp³-hybridized carbons (Fsp3) is 0.462. The Morgan fingerprint density at radius 3 is 2.59 bits per heavy atom. The molecule has 1 saturated carbocycles.